The molecule has 0 aliphatic carbocycles. The van der Waals surface area contributed by atoms with Gasteiger partial charge < -0.3 is 4.90 Å². The van der Waals surface area contributed by atoms with Gasteiger partial charge in [-0.05, 0) is 26.0 Å². The molecule has 3 heterocycles. The van der Waals surface area contributed by atoms with Crippen molar-refractivity contribution in [3.8, 4) is 0 Å². The Bertz CT molecular complexity index is 1060. The molecule has 0 N–H and O–H groups in total. The third kappa shape index (κ3) is 3.02. The summed E-state index contributed by atoms with van der Waals surface area (Å²) in [6.07, 6.45) is -0.756. The molecule has 2 atom stereocenters. The molecule has 0 radical (unpaired) electrons. The number of aliphatic imine (C=N–C) groups is 1. The second-order valence-corrected chi connectivity index (χ2v) is 9.11. The number of benzene rings is 1. The molecule has 0 aromatic heterocycles. The van der Waals surface area contributed by atoms with E-state index in [-0.39, 0.29) is 12.3 Å². The highest BCUT2D eigenvalue weighted by Crippen LogP contribution is 2.40. The highest BCUT2D eigenvalue weighted by Gasteiger charge is 2.56. The zero-order valence-electron chi connectivity index (χ0n) is 18.5. The van der Waals surface area contributed by atoms with Crippen LogP contribution in [0.25, 0.3) is 0 Å². The van der Waals surface area contributed by atoms with Gasteiger partial charge in [0.05, 0.1) is 12.2 Å². The number of anilines is 1. The maximum atomic E-state index is 14.6. The van der Waals surface area contributed by atoms with Crippen molar-refractivity contribution in [3.05, 3.63) is 41.5 Å². The van der Waals surface area contributed by atoms with E-state index < -0.39 is 35.4 Å². The van der Waals surface area contributed by atoms with Gasteiger partial charge in [-0.2, -0.15) is 0 Å². The maximum absolute atomic E-state index is 14.6. The summed E-state index contributed by atoms with van der Waals surface area (Å²) in [5, 5.41) is 0. The molecule has 0 saturated carbocycles. The van der Waals surface area contributed by atoms with E-state index in [1.165, 1.54) is 11.0 Å². The number of imide groups is 1. The Morgan fingerprint density at radius 2 is 1.77 bits per heavy atom. The van der Waals surface area contributed by atoms with Crippen molar-refractivity contribution in [2.45, 2.75) is 46.8 Å². The lowest BCUT2D eigenvalue weighted by Gasteiger charge is -2.41. The molecule has 9 heteroatoms. The number of rotatable bonds is 3. The second kappa shape index (κ2) is 6.90. The van der Waals surface area contributed by atoms with Crippen LogP contribution >= 0.6 is 0 Å². The first-order chi connectivity index (χ1) is 14.4. The van der Waals surface area contributed by atoms with Crippen LogP contribution < -0.4 is 4.90 Å². The van der Waals surface area contributed by atoms with Crippen LogP contribution in [0, 0.1) is 11.2 Å². The number of nitrogens with zero attached hydrogens (tertiary/aromatic N) is 5. The molecule has 1 aromatic rings. The minimum absolute atomic E-state index is 0.210. The summed E-state index contributed by atoms with van der Waals surface area (Å²) < 4.78 is 14.6. The van der Waals surface area contributed by atoms with Crippen molar-refractivity contribution in [2.24, 2.45) is 10.4 Å². The van der Waals surface area contributed by atoms with Gasteiger partial charge in [0.2, 0.25) is 5.96 Å². The largest absolute Gasteiger partial charge is 0.328 e. The molecule has 0 bridgehead atoms. The van der Waals surface area contributed by atoms with Crippen molar-refractivity contribution in [1.29, 1.82) is 0 Å². The minimum atomic E-state index is -0.808. The molecule has 1 saturated heterocycles. The zero-order chi connectivity index (χ0) is 22.8. The van der Waals surface area contributed by atoms with E-state index in [9.17, 15) is 18.8 Å². The minimum Gasteiger partial charge on any atom is -0.302 e. The first-order valence-corrected chi connectivity index (χ1v) is 10.2. The monoisotopic (exact) mass is 427 g/mol. The fourth-order valence-electron chi connectivity index (χ4n) is 4.06. The Hall–Kier alpha value is -3.23. The Labute approximate surface area is 180 Å². The van der Waals surface area contributed by atoms with Gasteiger partial charge in [-0.1, -0.05) is 32.9 Å². The van der Waals surface area contributed by atoms with Gasteiger partial charge in [0.25, 0.3) is 5.91 Å². The van der Waals surface area contributed by atoms with Crippen LogP contribution in [0.3, 0.4) is 0 Å². The first kappa shape index (κ1) is 21.0. The normalized spacial score (nSPS) is 23.5. The summed E-state index contributed by atoms with van der Waals surface area (Å²) in [7, 11) is 1.56. The SMILES string of the molecule is CC1=C(C)N2C(=NC3C2C(=O)N(CC(=O)C(C)(C)C)C(=O)N3C)N1c1ccccc1F. The quantitative estimate of drug-likeness (QED) is 0.742. The van der Waals surface area contributed by atoms with Gasteiger partial charge in [0.15, 0.2) is 18.0 Å². The van der Waals surface area contributed by atoms with E-state index in [1.807, 2.05) is 13.8 Å². The summed E-state index contributed by atoms with van der Waals surface area (Å²) in [6, 6.07) is 4.97. The predicted molar refractivity (Wildman–Crippen MR) is 113 cm³/mol. The number of likely N-dealkylation sites (N-methyl/N-ethyl adjacent to an activating group) is 1. The number of urea groups is 1. The van der Waals surface area contributed by atoms with Crippen LogP contribution in [0.15, 0.2) is 40.7 Å². The molecule has 164 valence electrons. The fraction of sp³-hybridized carbons (Fsp3) is 0.455. The number of amides is 3. The third-order valence-corrected chi connectivity index (χ3v) is 6.12. The van der Waals surface area contributed by atoms with Gasteiger partial charge in [0.1, 0.15) is 5.82 Å². The third-order valence-electron chi connectivity index (χ3n) is 6.12. The predicted octanol–water partition coefficient (Wildman–Crippen LogP) is 2.77. The summed E-state index contributed by atoms with van der Waals surface area (Å²) in [4.78, 5) is 49.3. The van der Waals surface area contributed by atoms with Gasteiger partial charge in [-0.15, -0.1) is 0 Å². The zero-order valence-corrected chi connectivity index (χ0v) is 18.5. The maximum Gasteiger partial charge on any atom is 0.328 e. The molecule has 8 nitrogen and oxygen atoms in total. The van der Waals surface area contributed by atoms with Crippen molar-refractivity contribution in [1.82, 2.24) is 14.7 Å². The first-order valence-electron chi connectivity index (χ1n) is 10.2. The molecule has 3 aliphatic heterocycles. The summed E-state index contributed by atoms with van der Waals surface area (Å²) in [6.45, 7) is 8.63. The Morgan fingerprint density at radius 3 is 2.39 bits per heavy atom. The number of guanidine groups is 1. The highest BCUT2D eigenvalue weighted by atomic mass is 19.1. The molecule has 2 unspecified atom stereocenters. The molecular weight excluding hydrogens is 401 g/mol. The number of carbonyl (C=O) groups excluding carboxylic acids is 3. The van der Waals surface area contributed by atoms with Crippen LogP contribution in [0.2, 0.25) is 0 Å². The van der Waals surface area contributed by atoms with Crippen LogP contribution in [0.1, 0.15) is 34.6 Å². The van der Waals surface area contributed by atoms with E-state index in [2.05, 4.69) is 4.99 Å². The number of halogens is 1. The van der Waals surface area contributed by atoms with E-state index in [1.54, 1.807) is 55.8 Å². The van der Waals surface area contributed by atoms with Gasteiger partial charge in [0, 0.05) is 23.9 Å². The molecule has 3 amide bonds. The van der Waals surface area contributed by atoms with E-state index >= 15 is 0 Å². The molecule has 0 spiro atoms. The number of carbonyl (C=O) groups is 3. The Morgan fingerprint density at radius 1 is 1.13 bits per heavy atom. The second-order valence-electron chi connectivity index (χ2n) is 9.11. The van der Waals surface area contributed by atoms with Gasteiger partial charge >= 0.3 is 6.03 Å². The molecule has 1 fully saturated rings. The number of hydrogen-bond acceptors (Lipinski definition) is 6. The van der Waals surface area contributed by atoms with Crippen LogP contribution in [-0.2, 0) is 9.59 Å². The standard InChI is InChI=1S/C22H26FN5O3/c1-12-13(2)28-17-18(24-20(28)27(12)15-10-8-7-9-14(15)23)25(6)21(31)26(19(17)30)11-16(29)22(3,4)5/h7-10,17-18H,11H2,1-6H3. The topological polar surface area (TPSA) is 76.5 Å². The number of para-hydroxylation sites is 1. The Balaban J connectivity index is 1.73. The lowest BCUT2D eigenvalue weighted by molar-refractivity contribution is -0.141. The lowest BCUT2D eigenvalue weighted by atomic mass is 9.90. The number of ketones is 1. The highest BCUT2D eigenvalue weighted by molar-refractivity contribution is 6.11. The summed E-state index contributed by atoms with van der Waals surface area (Å²) in [5.41, 5.74) is 1.12. The van der Waals surface area contributed by atoms with Crippen molar-refractivity contribution < 1.29 is 18.8 Å². The molecule has 31 heavy (non-hydrogen) atoms. The van der Waals surface area contributed by atoms with Crippen LogP contribution in [0.4, 0.5) is 14.9 Å². The van der Waals surface area contributed by atoms with E-state index in [4.69, 9.17) is 0 Å². The Kier molecular flexibility index (Phi) is 4.68. The van der Waals surface area contributed by atoms with Crippen molar-refractivity contribution >= 4 is 29.4 Å². The van der Waals surface area contributed by atoms with E-state index in [0.717, 1.165) is 16.3 Å². The number of hydrogen-bond donors (Lipinski definition) is 0. The van der Waals surface area contributed by atoms with Crippen molar-refractivity contribution in [2.75, 3.05) is 18.5 Å². The average Bonchev–Trinajstić information content (AvgIpc) is 3.19. The van der Waals surface area contributed by atoms with Crippen LogP contribution in [0.5, 0.6) is 0 Å². The smallest absolute Gasteiger partial charge is 0.302 e. The number of Topliss-reactive ketones (excluding diaryl/α,β-unsaturated/α-hetero) is 1. The fourth-order valence-corrected chi connectivity index (χ4v) is 4.06. The summed E-state index contributed by atoms with van der Waals surface area (Å²) >= 11 is 0. The summed E-state index contributed by atoms with van der Waals surface area (Å²) in [5.74, 6) is -0.709. The lowest BCUT2D eigenvalue weighted by Crippen LogP contribution is -2.65. The van der Waals surface area contributed by atoms with Crippen molar-refractivity contribution in [3.63, 3.8) is 0 Å². The number of fused-ring (bicyclic) bond motifs is 3. The molecule has 3 aliphatic rings. The van der Waals surface area contributed by atoms with E-state index in [0.29, 0.717) is 11.6 Å². The van der Waals surface area contributed by atoms with Crippen LogP contribution in [-0.4, -0.2) is 64.2 Å². The number of allylic oxidation sites excluding steroid dienone is 2. The molecule has 4 rings (SSSR count). The average molecular weight is 427 g/mol. The molecule has 1 aromatic carbocycles. The molecular formula is C22H26FN5O3. The van der Waals surface area contributed by atoms with Gasteiger partial charge in [-0.3, -0.25) is 24.3 Å². The van der Waals surface area contributed by atoms with Gasteiger partial charge in [-0.25, -0.2) is 14.2 Å².